The van der Waals surface area contributed by atoms with E-state index < -0.39 is 0 Å². The second-order valence-electron chi connectivity index (χ2n) is 5.83. The molecule has 7 heteroatoms. The highest BCUT2D eigenvalue weighted by Gasteiger charge is 2.42. The summed E-state index contributed by atoms with van der Waals surface area (Å²) in [6.45, 7) is 3.99. The maximum Gasteiger partial charge on any atom is 0.272 e. The predicted molar refractivity (Wildman–Crippen MR) is 106 cm³/mol. The van der Waals surface area contributed by atoms with Crippen LogP contribution in [0.4, 0.5) is 5.69 Å². The molecule has 26 heavy (non-hydrogen) atoms. The van der Waals surface area contributed by atoms with Gasteiger partial charge in [-0.3, -0.25) is 9.59 Å². The average molecular weight is 389 g/mol. The minimum Gasteiger partial charge on any atom is -0.497 e. The zero-order valence-electron chi connectivity index (χ0n) is 14.9. The monoisotopic (exact) mass is 389 g/mol. The molecule has 2 heterocycles. The second-order valence-corrected chi connectivity index (χ2v) is 8.37. The lowest BCUT2D eigenvalue weighted by Crippen LogP contribution is -2.31. The zero-order chi connectivity index (χ0) is 18.8. The van der Waals surface area contributed by atoms with Crippen LogP contribution in [0.2, 0.25) is 0 Å². The number of amides is 2. The summed E-state index contributed by atoms with van der Waals surface area (Å²) < 4.78 is 10.6. The standard InChI is InChI=1S/C19H19NO4S2/c1-11(2)26-17-16(15-6-5-9-25-15)18(21)20(19(17)22)13-10-12(23-3)7-8-14(13)24-4/h5-11H,1-4H3. The van der Waals surface area contributed by atoms with Gasteiger partial charge in [0.05, 0.1) is 30.4 Å². The molecule has 1 aromatic carbocycles. The van der Waals surface area contributed by atoms with Gasteiger partial charge in [0.2, 0.25) is 0 Å². The third-order valence-corrected chi connectivity index (χ3v) is 5.76. The van der Waals surface area contributed by atoms with Gasteiger partial charge < -0.3 is 9.47 Å². The zero-order valence-corrected chi connectivity index (χ0v) is 16.6. The summed E-state index contributed by atoms with van der Waals surface area (Å²) in [4.78, 5) is 28.8. The molecule has 0 unspecified atom stereocenters. The molecule has 136 valence electrons. The van der Waals surface area contributed by atoms with E-state index in [1.807, 2.05) is 31.4 Å². The van der Waals surface area contributed by atoms with Crippen LogP contribution in [0.5, 0.6) is 11.5 Å². The molecule has 5 nitrogen and oxygen atoms in total. The van der Waals surface area contributed by atoms with E-state index in [2.05, 4.69) is 0 Å². The molecule has 1 aliphatic rings. The van der Waals surface area contributed by atoms with Crippen molar-refractivity contribution in [2.45, 2.75) is 19.1 Å². The lowest BCUT2D eigenvalue weighted by molar-refractivity contribution is -0.119. The van der Waals surface area contributed by atoms with E-state index >= 15 is 0 Å². The van der Waals surface area contributed by atoms with Gasteiger partial charge in [0.25, 0.3) is 11.8 Å². The van der Waals surface area contributed by atoms with Crippen LogP contribution in [-0.2, 0) is 9.59 Å². The first-order chi connectivity index (χ1) is 12.5. The number of anilines is 1. The third-order valence-electron chi connectivity index (χ3n) is 3.79. The van der Waals surface area contributed by atoms with Crippen molar-refractivity contribution in [3.05, 3.63) is 45.5 Å². The highest BCUT2D eigenvalue weighted by molar-refractivity contribution is 8.04. The summed E-state index contributed by atoms with van der Waals surface area (Å²) in [6.07, 6.45) is 0. The van der Waals surface area contributed by atoms with Gasteiger partial charge in [0.15, 0.2) is 0 Å². The summed E-state index contributed by atoms with van der Waals surface area (Å²) >= 11 is 2.85. The molecule has 0 bridgehead atoms. The molecule has 0 fully saturated rings. The van der Waals surface area contributed by atoms with Crippen molar-refractivity contribution in [3.8, 4) is 11.5 Å². The molecule has 0 N–H and O–H groups in total. The van der Waals surface area contributed by atoms with Gasteiger partial charge in [0, 0.05) is 16.2 Å². The van der Waals surface area contributed by atoms with Crippen LogP contribution in [0, 0.1) is 0 Å². The maximum atomic E-state index is 13.2. The van der Waals surface area contributed by atoms with Gasteiger partial charge in [-0.15, -0.1) is 23.1 Å². The van der Waals surface area contributed by atoms with Crippen molar-refractivity contribution >= 4 is 46.2 Å². The molecule has 0 aliphatic carbocycles. The van der Waals surface area contributed by atoms with Crippen molar-refractivity contribution in [3.63, 3.8) is 0 Å². The van der Waals surface area contributed by atoms with Crippen LogP contribution in [0.1, 0.15) is 18.7 Å². The summed E-state index contributed by atoms with van der Waals surface area (Å²) in [5, 5.41) is 2.07. The fourth-order valence-corrected chi connectivity index (χ4v) is 4.49. The highest BCUT2D eigenvalue weighted by atomic mass is 32.2. The van der Waals surface area contributed by atoms with Gasteiger partial charge >= 0.3 is 0 Å². The number of benzene rings is 1. The normalized spacial score (nSPS) is 14.6. The van der Waals surface area contributed by atoms with Crippen LogP contribution in [0.25, 0.3) is 5.57 Å². The van der Waals surface area contributed by atoms with Crippen molar-refractivity contribution in [1.82, 2.24) is 0 Å². The van der Waals surface area contributed by atoms with Gasteiger partial charge in [-0.1, -0.05) is 19.9 Å². The van der Waals surface area contributed by atoms with Crippen molar-refractivity contribution in [1.29, 1.82) is 0 Å². The number of carbonyl (C=O) groups is 2. The molecule has 0 saturated heterocycles. The number of imide groups is 1. The van der Waals surface area contributed by atoms with Crippen molar-refractivity contribution in [2.24, 2.45) is 0 Å². The summed E-state index contributed by atoms with van der Waals surface area (Å²) in [5.41, 5.74) is 0.837. The number of thioether (sulfide) groups is 1. The van der Waals surface area contributed by atoms with Gasteiger partial charge in [-0.25, -0.2) is 4.90 Å². The van der Waals surface area contributed by atoms with Crippen LogP contribution in [0.3, 0.4) is 0 Å². The Morgan fingerprint density at radius 3 is 2.42 bits per heavy atom. The number of methoxy groups -OCH3 is 2. The minimum atomic E-state index is -0.341. The Hall–Kier alpha value is -2.25. The summed E-state index contributed by atoms with van der Waals surface area (Å²) in [6, 6.07) is 8.79. The fourth-order valence-electron chi connectivity index (χ4n) is 2.68. The Balaban J connectivity index is 2.13. The summed E-state index contributed by atoms with van der Waals surface area (Å²) in [7, 11) is 3.04. The first kappa shape index (κ1) is 18.5. The van der Waals surface area contributed by atoms with Crippen molar-refractivity contribution < 1.29 is 19.1 Å². The molecule has 0 radical (unpaired) electrons. The van der Waals surface area contributed by atoms with E-state index in [4.69, 9.17) is 9.47 Å². The number of nitrogens with zero attached hydrogens (tertiary/aromatic N) is 1. The number of hydrogen-bond donors (Lipinski definition) is 0. The molecule has 1 aromatic heterocycles. The number of carbonyl (C=O) groups excluding carboxylic acids is 2. The third kappa shape index (κ3) is 3.24. The Labute approximate surface area is 160 Å². The van der Waals surface area contributed by atoms with Crippen LogP contribution >= 0.6 is 23.1 Å². The number of ether oxygens (including phenoxy) is 2. The Morgan fingerprint density at radius 2 is 1.85 bits per heavy atom. The first-order valence-electron chi connectivity index (χ1n) is 8.03. The molecular weight excluding hydrogens is 370 g/mol. The first-order valence-corrected chi connectivity index (χ1v) is 9.79. The van der Waals surface area contributed by atoms with Crippen LogP contribution in [-0.4, -0.2) is 31.3 Å². The van der Waals surface area contributed by atoms with Crippen molar-refractivity contribution in [2.75, 3.05) is 19.1 Å². The van der Waals surface area contributed by atoms with Gasteiger partial charge in [-0.2, -0.15) is 0 Å². The summed E-state index contributed by atoms with van der Waals surface area (Å²) in [5.74, 6) is 0.314. The van der Waals surface area contributed by atoms with E-state index in [0.717, 1.165) is 4.88 Å². The Bertz CT molecular complexity index is 872. The highest BCUT2D eigenvalue weighted by Crippen LogP contribution is 2.44. The maximum absolute atomic E-state index is 13.2. The largest absolute Gasteiger partial charge is 0.497 e. The van der Waals surface area contributed by atoms with E-state index in [9.17, 15) is 9.59 Å². The van der Waals surface area contributed by atoms with E-state index in [1.54, 1.807) is 18.2 Å². The molecule has 1 aliphatic heterocycles. The minimum absolute atomic E-state index is 0.170. The molecular formula is C19H19NO4S2. The molecule has 0 atom stereocenters. The van der Waals surface area contributed by atoms with Gasteiger partial charge in [-0.05, 0) is 23.6 Å². The number of hydrogen-bond acceptors (Lipinski definition) is 6. The average Bonchev–Trinajstić information content (AvgIpc) is 3.21. The number of rotatable bonds is 6. The van der Waals surface area contributed by atoms with Crippen LogP contribution < -0.4 is 14.4 Å². The second kappa shape index (κ2) is 7.55. The lowest BCUT2D eigenvalue weighted by Gasteiger charge is -2.19. The molecule has 2 amide bonds. The molecule has 2 aromatic rings. The van der Waals surface area contributed by atoms with Gasteiger partial charge in [0.1, 0.15) is 11.5 Å². The lowest BCUT2D eigenvalue weighted by atomic mass is 10.2. The SMILES string of the molecule is COc1ccc(OC)c(N2C(=O)C(SC(C)C)=C(c3cccs3)C2=O)c1. The predicted octanol–water partition coefficient (Wildman–Crippen LogP) is 4.19. The Morgan fingerprint density at radius 1 is 1.08 bits per heavy atom. The topological polar surface area (TPSA) is 55.8 Å². The Kier molecular flexibility index (Phi) is 5.38. The van der Waals surface area contributed by atoms with E-state index in [0.29, 0.717) is 27.7 Å². The fraction of sp³-hybridized carbons (Fsp3) is 0.263. The molecule has 0 saturated carbocycles. The molecule has 3 rings (SSSR count). The van der Waals surface area contributed by atoms with E-state index in [-0.39, 0.29) is 17.1 Å². The van der Waals surface area contributed by atoms with Crippen LogP contribution in [0.15, 0.2) is 40.6 Å². The quantitative estimate of drug-likeness (QED) is 0.694. The smallest absolute Gasteiger partial charge is 0.272 e. The van der Waals surface area contributed by atoms with E-state index in [1.165, 1.54) is 42.2 Å². The number of thiophene rings is 1. The molecule has 0 spiro atoms.